The van der Waals surface area contributed by atoms with Gasteiger partial charge in [0.25, 0.3) is 0 Å². The van der Waals surface area contributed by atoms with Crippen LogP contribution in [0.5, 0.6) is 0 Å². The normalized spacial score (nSPS) is 19.0. The van der Waals surface area contributed by atoms with Crippen LogP contribution in [0.4, 0.5) is 5.95 Å². The Morgan fingerprint density at radius 1 is 1.35 bits per heavy atom. The number of furan rings is 1. The van der Waals surface area contributed by atoms with E-state index in [-0.39, 0.29) is 22.0 Å². The van der Waals surface area contributed by atoms with Crippen LogP contribution < -0.4 is 10.2 Å². The maximum absolute atomic E-state index is 6.14. The zero-order chi connectivity index (χ0) is 15.6. The van der Waals surface area contributed by atoms with Gasteiger partial charge in [0, 0.05) is 0 Å². The van der Waals surface area contributed by atoms with Gasteiger partial charge in [-0.15, -0.1) is 0 Å². The fourth-order valence-corrected chi connectivity index (χ4v) is 4.72. The summed E-state index contributed by atoms with van der Waals surface area (Å²) in [5.74, 6) is 1.42. The molecule has 1 aliphatic heterocycles. The molecule has 0 spiro atoms. The first-order valence-electron chi connectivity index (χ1n) is 7.63. The van der Waals surface area contributed by atoms with Crippen molar-refractivity contribution in [3.63, 3.8) is 0 Å². The topological polar surface area (TPSA) is 92.0 Å². The molecule has 3 aromatic rings. The molecule has 1 radical (unpaired) electrons. The van der Waals surface area contributed by atoms with Gasteiger partial charge in [0.1, 0.15) is 0 Å². The fraction of sp³-hybridized carbons (Fsp3) is 0.400. The number of nitrogens with zero attached hydrogens (tertiary/aromatic N) is 4. The van der Waals surface area contributed by atoms with E-state index in [2.05, 4.69) is 15.0 Å². The van der Waals surface area contributed by atoms with E-state index in [1.165, 1.54) is 0 Å². The number of imidazole rings is 1. The predicted octanol–water partition coefficient (Wildman–Crippen LogP) is 1.23. The van der Waals surface area contributed by atoms with Crippen molar-refractivity contribution >= 4 is 37.3 Å². The number of rotatable bonds is 4. The molecule has 1 unspecified atom stereocenters. The molecular weight excluding hydrogens is 357 g/mol. The molecule has 8 heteroatoms. The molecule has 4 rings (SSSR count). The second-order valence-electron chi connectivity index (χ2n) is 5.43. The Hall–Kier alpha value is -1.85. The zero-order valence-electron chi connectivity index (χ0n) is 12.6. The molecule has 7 nitrogen and oxygen atoms in total. The van der Waals surface area contributed by atoms with Crippen molar-refractivity contribution in [1.29, 1.82) is 0 Å². The van der Waals surface area contributed by atoms with Gasteiger partial charge in [-0.05, 0) is 0 Å². The van der Waals surface area contributed by atoms with Crippen molar-refractivity contribution < 1.29 is 9.15 Å². The van der Waals surface area contributed by atoms with E-state index in [1.54, 1.807) is 12.6 Å². The van der Waals surface area contributed by atoms with Crippen molar-refractivity contribution in [3.8, 4) is 0 Å². The van der Waals surface area contributed by atoms with Crippen LogP contribution >= 0.6 is 0 Å². The van der Waals surface area contributed by atoms with Gasteiger partial charge in [-0.25, -0.2) is 0 Å². The van der Waals surface area contributed by atoms with Gasteiger partial charge in [0.15, 0.2) is 0 Å². The Morgan fingerprint density at radius 2 is 2.30 bits per heavy atom. The molecular formula is C15H17AsN5O2. The van der Waals surface area contributed by atoms with Gasteiger partial charge in [-0.1, -0.05) is 0 Å². The SMILES string of the molecule is Nc1nc2c([As]Cc3ccco3)ncnc2n1C1CCCCO1. The summed E-state index contributed by atoms with van der Waals surface area (Å²) in [6, 6.07) is 3.88. The molecule has 0 bridgehead atoms. The van der Waals surface area contributed by atoms with E-state index in [1.807, 2.05) is 16.7 Å². The second-order valence-corrected chi connectivity index (χ2v) is 7.64. The van der Waals surface area contributed by atoms with Crippen LogP contribution in [0.25, 0.3) is 11.2 Å². The summed E-state index contributed by atoms with van der Waals surface area (Å²) in [5, 5.41) is 0.863. The van der Waals surface area contributed by atoms with Crippen LogP contribution in [0.2, 0.25) is 0 Å². The Labute approximate surface area is 139 Å². The average molecular weight is 374 g/mol. The van der Waals surface area contributed by atoms with E-state index in [0.717, 1.165) is 52.5 Å². The predicted molar refractivity (Wildman–Crippen MR) is 86.4 cm³/mol. The quantitative estimate of drug-likeness (QED) is 0.691. The molecule has 4 heterocycles. The standard InChI is InChI=1S/C15H17AsN5O2/c17-15-20-12-13(16-8-10-4-3-7-22-10)18-9-19-14(12)21(15)11-5-1-2-6-23-11/h3-4,7,9,11H,1-2,5-6,8H2,(H2,17,20). The van der Waals surface area contributed by atoms with Crippen molar-refractivity contribution in [3.05, 3.63) is 30.5 Å². The number of hydrogen-bond acceptors (Lipinski definition) is 6. The molecule has 119 valence electrons. The number of nitrogen functional groups attached to an aromatic ring is 1. The van der Waals surface area contributed by atoms with Crippen LogP contribution in [0.15, 0.2) is 29.1 Å². The van der Waals surface area contributed by atoms with Crippen LogP contribution in [0.3, 0.4) is 0 Å². The van der Waals surface area contributed by atoms with Crippen LogP contribution in [-0.4, -0.2) is 41.9 Å². The minimum atomic E-state index is -0.202. The zero-order valence-corrected chi connectivity index (χ0v) is 14.4. The van der Waals surface area contributed by atoms with Crippen molar-refractivity contribution in [2.24, 2.45) is 0 Å². The van der Waals surface area contributed by atoms with Crippen molar-refractivity contribution in [2.75, 3.05) is 12.3 Å². The van der Waals surface area contributed by atoms with Gasteiger partial charge >= 0.3 is 140 Å². The van der Waals surface area contributed by atoms with Crippen LogP contribution in [0, 0.1) is 0 Å². The summed E-state index contributed by atoms with van der Waals surface area (Å²) in [7, 11) is 0. The number of aromatic nitrogens is 4. The molecule has 23 heavy (non-hydrogen) atoms. The van der Waals surface area contributed by atoms with Crippen molar-refractivity contribution in [2.45, 2.75) is 30.7 Å². The van der Waals surface area contributed by atoms with Gasteiger partial charge in [-0.2, -0.15) is 0 Å². The minimum absolute atomic E-state index is 0.0715. The van der Waals surface area contributed by atoms with Crippen LogP contribution in [0.1, 0.15) is 31.3 Å². The van der Waals surface area contributed by atoms with Gasteiger partial charge < -0.3 is 0 Å². The van der Waals surface area contributed by atoms with E-state index < -0.39 is 0 Å². The number of hydrogen-bond donors (Lipinski definition) is 1. The Morgan fingerprint density at radius 3 is 3.09 bits per heavy atom. The molecule has 0 aliphatic carbocycles. The molecule has 1 aliphatic rings. The summed E-state index contributed by atoms with van der Waals surface area (Å²) in [4.78, 5) is 13.3. The molecule has 2 N–H and O–H groups in total. The first-order chi connectivity index (χ1) is 11.3. The van der Waals surface area contributed by atoms with E-state index in [0.29, 0.717) is 5.95 Å². The maximum atomic E-state index is 6.14. The third-order valence-electron chi connectivity index (χ3n) is 3.89. The Balaban J connectivity index is 1.67. The number of ether oxygens (including phenoxy) is 1. The van der Waals surface area contributed by atoms with Crippen molar-refractivity contribution in [1.82, 2.24) is 19.5 Å². The summed E-state index contributed by atoms with van der Waals surface area (Å²) in [6.07, 6.45) is 6.38. The Kier molecular flexibility index (Phi) is 4.06. The molecule has 0 amide bonds. The summed E-state index contributed by atoms with van der Waals surface area (Å²) in [6.45, 7) is 0.756. The monoisotopic (exact) mass is 374 g/mol. The number of nitrogens with two attached hydrogens (primary N) is 1. The van der Waals surface area contributed by atoms with Gasteiger partial charge in [0.2, 0.25) is 0 Å². The molecule has 1 fully saturated rings. The molecule has 1 saturated heterocycles. The number of anilines is 1. The van der Waals surface area contributed by atoms with Crippen LogP contribution in [-0.2, 0) is 9.95 Å². The first kappa shape index (κ1) is 14.7. The second kappa shape index (κ2) is 6.34. The first-order valence-corrected chi connectivity index (χ1v) is 9.89. The molecule has 1 atom stereocenters. The Bertz CT molecular complexity index is 796. The third-order valence-corrected chi connectivity index (χ3v) is 6.19. The summed E-state index contributed by atoms with van der Waals surface area (Å²) in [5.41, 5.74) is 7.71. The number of fused-ring (bicyclic) bond motifs is 1. The summed E-state index contributed by atoms with van der Waals surface area (Å²) >= 11 is -0.202. The third kappa shape index (κ3) is 2.86. The molecule has 0 aromatic carbocycles. The van der Waals surface area contributed by atoms with E-state index in [9.17, 15) is 0 Å². The summed E-state index contributed by atoms with van der Waals surface area (Å²) < 4.78 is 14.1. The average Bonchev–Trinajstić information content (AvgIpc) is 3.20. The van der Waals surface area contributed by atoms with Gasteiger partial charge in [-0.3, -0.25) is 0 Å². The van der Waals surface area contributed by atoms with E-state index >= 15 is 0 Å². The molecule has 3 aromatic heterocycles. The van der Waals surface area contributed by atoms with Gasteiger partial charge in [0.05, 0.1) is 0 Å². The van der Waals surface area contributed by atoms with E-state index in [4.69, 9.17) is 14.9 Å². The molecule has 0 saturated carbocycles. The fourth-order valence-electron chi connectivity index (χ4n) is 2.80.